The molecule has 1 aliphatic heterocycles. The van der Waals surface area contributed by atoms with Crippen LogP contribution >= 0.6 is 23.2 Å². The summed E-state index contributed by atoms with van der Waals surface area (Å²) >= 11 is 11.9. The van der Waals surface area contributed by atoms with Gasteiger partial charge in [0.2, 0.25) is 5.91 Å². The van der Waals surface area contributed by atoms with E-state index in [2.05, 4.69) is 36.6 Å². The highest BCUT2D eigenvalue weighted by Gasteiger charge is 2.30. The summed E-state index contributed by atoms with van der Waals surface area (Å²) in [7, 11) is 0. The first-order valence-corrected chi connectivity index (χ1v) is 20.5. The van der Waals surface area contributed by atoms with Gasteiger partial charge < -0.3 is 37.3 Å². The summed E-state index contributed by atoms with van der Waals surface area (Å²) in [4.78, 5) is 48.7. The number of ether oxygens (including phenoxy) is 1. The van der Waals surface area contributed by atoms with Crippen molar-refractivity contribution in [3.8, 4) is 22.3 Å². The van der Waals surface area contributed by atoms with E-state index in [1.165, 1.54) is 30.3 Å². The van der Waals surface area contributed by atoms with Crippen molar-refractivity contribution >= 4 is 47.0 Å². The average Bonchev–Trinajstić information content (AvgIpc) is 4.00. The molecule has 0 unspecified atom stereocenters. The fraction of sp³-hybridized carbons (Fsp3) is 0.326. The molecule has 328 valence electrons. The van der Waals surface area contributed by atoms with Crippen LogP contribution < -0.4 is 27.4 Å². The quantitative estimate of drug-likeness (QED) is 0.0610. The third-order valence-corrected chi connectivity index (χ3v) is 10.4. The van der Waals surface area contributed by atoms with Crippen molar-refractivity contribution in [2.24, 2.45) is 11.5 Å². The molecule has 0 aliphatic carbocycles. The molecule has 5 aromatic rings. The molecule has 1 aliphatic rings. The van der Waals surface area contributed by atoms with E-state index in [4.69, 9.17) is 39.4 Å². The number of nitrogens with one attached hydrogen (secondary N) is 4. The van der Waals surface area contributed by atoms with Crippen LogP contribution in [0.4, 0.5) is 8.78 Å². The number of esters is 1. The molecule has 15 nitrogen and oxygen atoms in total. The fourth-order valence-corrected chi connectivity index (χ4v) is 7.15. The number of hydrogen-bond acceptors (Lipinski definition) is 11. The number of carbonyl (C=O) groups excluding carboxylic acids is 3. The zero-order valence-corrected chi connectivity index (χ0v) is 35.1. The molecule has 62 heavy (non-hydrogen) atoms. The lowest BCUT2D eigenvalue weighted by Crippen LogP contribution is -2.51. The summed E-state index contributed by atoms with van der Waals surface area (Å²) in [5, 5.41) is 31.8. The number of carboxylic acid groups (broad SMARTS) is 1. The Kier molecular flexibility index (Phi) is 17.4. The number of tetrazole rings is 1. The van der Waals surface area contributed by atoms with Crippen molar-refractivity contribution in [1.82, 2.24) is 36.6 Å². The molecule has 9 N–H and O–H groups in total. The van der Waals surface area contributed by atoms with Crippen molar-refractivity contribution < 1.29 is 37.8 Å². The van der Waals surface area contributed by atoms with Crippen LogP contribution in [0.5, 0.6) is 0 Å². The Bertz CT molecular complexity index is 2280. The van der Waals surface area contributed by atoms with Gasteiger partial charge in [0, 0.05) is 33.3 Å². The van der Waals surface area contributed by atoms with E-state index >= 15 is 0 Å². The van der Waals surface area contributed by atoms with Gasteiger partial charge in [-0.3, -0.25) is 14.4 Å². The van der Waals surface area contributed by atoms with E-state index in [0.29, 0.717) is 59.1 Å². The third-order valence-electron chi connectivity index (χ3n) is 9.91. The third kappa shape index (κ3) is 13.8. The van der Waals surface area contributed by atoms with Gasteiger partial charge in [-0.25, -0.2) is 13.6 Å². The topological polar surface area (TPSA) is 240 Å². The van der Waals surface area contributed by atoms with Crippen molar-refractivity contribution in [3.05, 3.63) is 124 Å². The summed E-state index contributed by atoms with van der Waals surface area (Å²) in [6.45, 7) is 2.71. The van der Waals surface area contributed by atoms with Crippen LogP contribution in [0.3, 0.4) is 0 Å². The summed E-state index contributed by atoms with van der Waals surface area (Å²) in [6.07, 6.45) is 2.48. The number of carboxylic acids is 1. The molecular weight excluding hydrogens is 847 g/mol. The Morgan fingerprint density at radius 3 is 1.94 bits per heavy atom. The van der Waals surface area contributed by atoms with Gasteiger partial charge in [-0.2, -0.15) is 5.21 Å². The lowest BCUT2D eigenvalue weighted by atomic mass is 9.96. The molecule has 1 saturated heterocycles. The number of rotatable bonds is 17. The highest BCUT2D eigenvalue weighted by Crippen LogP contribution is 2.28. The van der Waals surface area contributed by atoms with E-state index in [-0.39, 0.29) is 30.5 Å². The van der Waals surface area contributed by atoms with Crippen molar-refractivity contribution in [3.63, 3.8) is 0 Å². The van der Waals surface area contributed by atoms with Gasteiger partial charge in [0.1, 0.15) is 23.7 Å². The molecule has 2 heterocycles. The molecule has 0 saturated carbocycles. The molecule has 1 fully saturated rings. The smallest absolute Gasteiger partial charge is 0.326 e. The number of H-pyrrole nitrogens is 1. The maximum absolute atomic E-state index is 14.3. The first-order chi connectivity index (χ1) is 29.7. The van der Waals surface area contributed by atoms with Crippen LogP contribution in [0.25, 0.3) is 22.3 Å². The Morgan fingerprint density at radius 2 is 1.44 bits per heavy atom. The number of halogens is 4. The second kappa shape index (κ2) is 22.8. The Hall–Kier alpha value is -5.85. The highest BCUT2D eigenvalue weighted by molar-refractivity contribution is 6.31. The zero-order valence-electron chi connectivity index (χ0n) is 33.6. The molecule has 0 bridgehead atoms. The summed E-state index contributed by atoms with van der Waals surface area (Å²) in [6, 6.07) is 19.7. The SMILES string of the molecule is CCOC(=O)[C@H](N)C[C@H](N)Cc1ccc(-c2cc(Cl)ccc2F)cc1.O=C(N[C@H](Cc1ccc(-c2cc(Cl)ccc2F)cc1)C[C@@H](NC(=O)[C@@H]1CCCN1)C(=O)O)c1nn[nH]n1. The zero-order chi connectivity index (χ0) is 44.8. The van der Waals surface area contributed by atoms with E-state index in [0.717, 1.165) is 23.1 Å². The highest BCUT2D eigenvalue weighted by atomic mass is 35.5. The minimum atomic E-state index is -1.25. The van der Waals surface area contributed by atoms with E-state index in [1.54, 1.807) is 37.3 Å². The van der Waals surface area contributed by atoms with Gasteiger partial charge in [-0.15, -0.1) is 10.2 Å². The number of aromatic amines is 1. The van der Waals surface area contributed by atoms with Gasteiger partial charge in [0.05, 0.1) is 12.6 Å². The van der Waals surface area contributed by atoms with E-state index in [9.17, 15) is 33.1 Å². The second-order valence-corrected chi connectivity index (χ2v) is 15.5. The van der Waals surface area contributed by atoms with Crippen molar-refractivity contribution in [2.75, 3.05) is 13.2 Å². The van der Waals surface area contributed by atoms with Gasteiger partial charge in [0.15, 0.2) is 0 Å². The first-order valence-electron chi connectivity index (χ1n) is 19.8. The van der Waals surface area contributed by atoms with Gasteiger partial charge >= 0.3 is 11.9 Å². The van der Waals surface area contributed by atoms with Gasteiger partial charge in [-0.05, 0) is 116 Å². The molecule has 2 amide bonds. The summed E-state index contributed by atoms with van der Waals surface area (Å²) in [5.41, 5.74) is 15.7. The molecule has 19 heteroatoms. The van der Waals surface area contributed by atoms with E-state index in [1.807, 2.05) is 24.3 Å². The monoisotopic (exact) mass is 893 g/mol. The normalized spacial score (nSPS) is 15.3. The first kappa shape index (κ1) is 47.2. The summed E-state index contributed by atoms with van der Waals surface area (Å²) in [5.74, 6) is -3.66. The van der Waals surface area contributed by atoms with Crippen molar-refractivity contribution in [2.45, 2.75) is 75.7 Å². The number of aromatic nitrogens is 4. The molecule has 6 rings (SSSR count). The number of benzene rings is 4. The number of nitrogens with zero attached hydrogens (tertiary/aromatic N) is 3. The molecule has 4 aromatic carbocycles. The number of amides is 2. The van der Waals surface area contributed by atoms with Crippen LogP contribution in [0.15, 0.2) is 84.9 Å². The van der Waals surface area contributed by atoms with Crippen LogP contribution in [0.1, 0.15) is 54.4 Å². The Labute approximate surface area is 366 Å². The summed E-state index contributed by atoms with van der Waals surface area (Å²) < 4.78 is 33.0. The Balaban J connectivity index is 0.000000253. The van der Waals surface area contributed by atoms with Gasteiger partial charge in [0.25, 0.3) is 11.7 Å². The molecule has 0 spiro atoms. The van der Waals surface area contributed by atoms with Crippen LogP contribution in [0.2, 0.25) is 10.0 Å². The fourth-order valence-electron chi connectivity index (χ4n) is 6.81. The lowest BCUT2D eigenvalue weighted by molar-refractivity contribution is -0.145. The number of carbonyl (C=O) groups is 4. The number of hydrogen-bond donors (Lipinski definition) is 7. The standard InChI is InChI=1S/C24H25ClFN7O4.C19H22ClFN2O2/c25-15-7-8-18(26)17(11-15)14-5-3-13(4-6-14)10-16(28-23(35)21-30-32-33-31-21)12-20(24(36)37)29-22(34)19-2-1-9-27-19;1-2-25-19(24)18(23)11-15(22)9-12-3-5-13(6-4-12)16-10-14(20)7-8-17(16)21/h3-8,11,16,19-20,27H,1-2,9-10,12H2,(H,28,35)(H,29,34)(H,36,37)(H,30,31,32,33);3-8,10,15,18H,2,9,11,22-23H2,1H3/t16-,19+,20-;15-,18-/m11/s1. The largest absolute Gasteiger partial charge is 0.480 e. The Morgan fingerprint density at radius 1 is 0.855 bits per heavy atom. The minimum absolute atomic E-state index is 0.0952. The van der Waals surface area contributed by atoms with Crippen LogP contribution in [-0.4, -0.2) is 92.8 Å². The van der Waals surface area contributed by atoms with E-state index < -0.39 is 53.7 Å². The maximum atomic E-state index is 14.3. The van der Waals surface area contributed by atoms with Crippen molar-refractivity contribution in [1.29, 1.82) is 0 Å². The number of aliphatic carboxylic acids is 1. The average molecular weight is 895 g/mol. The number of nitrogens with two attached hydrogens (primary N) is 2. The maximum Gasteiger partial charge on any atom is 0.326 e. The molecule has 1 aromatic heterocycles. The minimum Gasteiger partial charge on any atom is -0.480 e. The second-order valence-electron chi connectivity index (χ2n) is 14.6. The predicted molar refractivity (Wildman–Crippen MR) is 229 cm³/mol. The predicted octanol–water partition coefficient (Wildman–Crippen LogP) is 5.01. The molecule has 0 radical (unpaired) electrons. The van der Waals surface area contributed by atoms with Crippen LogP contribution in [-0.2, 0) is 32.0 Å². The van der Waals surface area contributed by atoms with Crippen LogP contribution in [0, 0.1) is 11.6 Å². The lowest BCUT2D eigenvalue weighted by Gasteiger charge is -2.24. The molecular formula is C43H47Cl2F2N9O6. The molecule has 5 atom stereocenters. The van der Waals surface area contributed by atoms with Gasteiger partial charge in [-0.1, -0.05) is 71.7 Å².